The number of nitrogens with one attached hydrogen (secondary N) is 1. The van der Waals surface area contributed by atoms with E-state index in [-0.39, 0.29) is 6.61 Å². The molecule has 3 nitrogen and oxygen atoms in total. The van der Waals surface area contributed by atoms with Crippen LogP contribution < -0.4 is 5.32 Å². The van der Waals surface area contributed by atoms with Gasteiger partial charge in [-0.3, -0.25) is 0 Å². The molecule has 0 aliphatic rings. The van der Waals surface area contributed by atoms with Crippen molar-refractivity contribution in [1.29, 1.82) is 0 Å². The van der Waals surface area contributed by atoms with Crippen molar-refractivity contribution < 1.29 is 10.2 Å². The molecule has 0 aliphatic heterocycles. The second-order valence-corrected chi connectivity index (χ2v) is 6.41. The van der Waals surface area contributed by atoms with Gasteiger partial charge in [-0.2, -0.15) is 0 Å². The molecule has 0 saturated heterocycles. The summed E-state index contributed by atoms with van der Waals surface area (Å²) in [6.45, 7) is 4.83. The number of aliphatic hydroxyl groups is 2. The summed E-state index contributed by atoms with van der Waals surface area (Å²) in [7, 11) is 0. The molecule has 3 N–H and O–H groups in total. The number of thioether (sulfide) groups is 1. The molecule has 0 amide bonds. The summed E-state index contributed by atoms with van der Waals surface area (Å²) in [5, 5.41) is 21.6. The van der Waals surface area contributed by atoms with Crippen LogP contribution in [0.1, 0.15) is 19.4 Å². The number of hydrogen-bond acceptors (Lipinski definition) is 4. The molecule has 0 spiro atoms. The predicted octanol–water partition coefficient (Wildman–Crippen LogP) is 2.39. The standard InChI is InChI=1S/C13H20BrNO2S/c1-9(2)15-6-10-5-11(14)3-4-13(10)18-8-12(17)7-16/h3-5,9,12,15-17H,6-8H2,1-2H3. The highest BCUT2D eigenvalue weighted by Crippen LogP contribution is 2.26. The van der Waals surface area contributed by atoms with Crippen molar-refractivity contribution in [3.05, 3.63) is 28.2 Å². The fraction of sp³-hybridized carbons (Fsp3) is 0.538. The molecule has 5 heteroatoms. The van der Waals surface area contributed by atoms with Gasteiger partial charge < -0.3 is 15.5 Å². The quantitative estimate of drug-likeness (QED) is 0.670. The molecular weight excluding hydrogens is 314 g/mol. The Balaban J connectivity index is 2.69. The van der Waals surface area contributed by atoms with Crippen LogP contribution in [0.25, 0.3) is 0 Å². The van der Waals surface area contributed by atoms with E-state index >= 15 is 0 Å². The second kappa shape index (κ2) is 8.17. The first-order valence-corrected chi connectivity index (χ1v) is 7.74. The molecule has 0 heterocycles. The lowest BCUT2D eigenvalue weighted by molar-refractivity contribution is 0.113. The van der Waals surface area contributed by atoms with Gasteiger partial charge in [0, 0.05) is 27.7 Å². The minimum Gasteiger partial charge on any atom is -0.394 e. The van der Waals surface area contributed by atoms with Crippen molar-refractivity contribution >= 4 is 27.7 Å². The third-order valence-corrected chi connectivity index (χ3v) is 4.12. The van der Waals surface area contributed by atoms with E-state index in [0.29, 0.717) is 11.8 Å². The molecule has 0 aromatic heterocycles. The van der Waals surface area contributed by atoms with Gasteiger partial charge in [-0.15, -0.1) is 11.8 Å². The zero-order valence-corrected chi connectivity index (χ0v) is 13.1. The van der Waals surface area contributed by atoms with Crippen LogP contribution in [0.15, 0.2) is 27.6 Å². The van der Waals surface area contributed by atoms with Gasteiger partial charge in [-0.05, 0) is 23.8 Å². The third kappa shape index (κ3) is 5.71. The number of rotatable bonds is 7. The van der Waals surface area contributed by atoms with Crippen molar-refractivity contribution in [3.8, 4) is 0 Å². The maximum Gasteiger partial charge on any atom is 0.0864 e. The van der Waals surface area contributed by atoms with Crippen molar-refractivity contribution in [1.82, 2.24) is 5.32 Å². The lowest BCUT2D eigenvalue weighted by Gasteiger charge is -2.14. The summed E-state index contributed by atoms with van der Waals surface area (Å²) in [6.07, 6.45) is -0.662. The van der Waals surface area contributed by atoms with Crippen LogP contribution in [-0.4, -0.2) is 34.7 Å². The molecule has 0 saturated carbocycles. The molecule has 1 unspecified atom stereocenters. The van der Waals surface area contributed by atoms with Crippen LogP contribution in [-0.2, 0) is 6.54 Å². The molecule has 1 rings (SSSR count). The topological polar surface area (TPSA) is 52.5 Å². The predicted molar refractivity (Wildman–Crippen MR) is 79.9 cm³/mol. The van der Waals surface area contributed by atoms with Gasteiger partial charge in [0.05, 0.1) is 12.7 Å². The maximum absolute atomic E-state index is 9.39. The Bertz CT molecular complexity index is 374. The molecule has 1 aromatic rings. The van der Waals surface area contributed by atoms with Crippen molar-refractivity contribution in [3.63, 3.8) is 0 Å². The van der Waals surface area contributed by atoms with Crippen LogP contribution >= 0.6 is 27.7 Å². The highest BCUT2D eigenvalue weighted by atomic mass is 79.9. The Labute approximate surface area is 121 Å². The van der Waals surface area contributed by atoms with E-state index in [1.165, 1.54) is 5.56 Å². The van der Waals surface area contributed by atoms with Gasteiger partial charge in [-0.25, -0.2) is 0 Å². The minimum absolute atomic E-state index is 0.191. The summed E-state index contributed by atoms with van der Waals surface area (Å²) in [6, 6.07) is 6.55. The number of hydrogen-bond donors (Lipinski definition) is 3. The van der Waals surface area contributed by atoms with E-state index < -0.39 is 6.10 Å². The zero-order chi connectivity index (χ0) is 13.5. The molecule has 102 valence electrons. The average Bonchev–Trinajstić information content (AvgIpc) is 2.34. The fourth-order valence-corrected chi connectivity index (χ4v) is 2.75. The van der Waals surface area contributed by atoms with E-state index in [1.807, 2.05) is 12.1 Å². The Morgan fingerprint density at radius 1 is 1.39 bits per heavy atom. The minimum atomic E-state index is -0.662. The summed E-state index contributed by atoms with van der Waals surface area (Å²) in [5.74, 6) is 0.507. The SMILES string of the molecule is CC(C)NCc1cc(Br)ccc1SCC(O)CO. The van der Waals surface area contributed by atoms with E-state index in [0.717, 1.165) is 15.9 Å². The van der Waals surface area contributed by atoms with Gasteiger partial charge in [0.15, 0.2) is 0 Å². The molecule has 0 aliphatic carbocycles. The largest absolute Gasteiger partial charge is 0.394 e. The molecule has 0 fully saturated rings. The van der Waals surface area contributed by atoms with Crippen LogP contribution in [0, 0.1) is 0 Å². The number of halogens is 1. The van der Waals surface area contributed by atoms with Gasteiger partial charge in [0.1, 0.15) is 0 Å². The highest BCUT2D eigenvalue weighted by Gasteiger charge is 2.08. The summed E-state index contributed by atoms with van der Waals surface area (Å²) in [4.78, 5) is 1.14. The van der Waals surface area contributed by atoms with Crippen LogP contribution in [0.3, 0.4) is 0 Å². The first-order chi connectivity index (χ1) is 8.52. The van der Waals surface area contributed by atoms with Gasteiger partial charge in [-0.1, -0.05) is 29.8 Å². The second-order valence-electron chi connectivity index (χ2n) is 4.44. The lowest BCUT2D eigenvalue weighted by atomic mass is 10.2. The van der Waals surface area contributed by atoms with E-state index in [4.69, 9.17) is 5.11 Å². The molecule has 1 atom stereocenters. The summed E-state index contributed by atoms with van der Waals surface area (Å²) in [5.41, 5.74) is 1.20. The van der Waals surface area contributed by atoms with Gasteiger partial charge >= 0.3 is 0 Å². The molecular formula is C13H20BrNO2S. The first-order valence-electron chi connectivity index (χ1n) is 5.96. The lowest BCUT2D eigenvalue weighted by Crippen LogP contribution is -2.22. The zero-order valence-electron chi connectivity index (χ0n) is 10.7. The van der Waals surface area contributed by atoms with E-state index in [2.05, 4.69) is 41.2 Å². The van der Waals surface area contributed by atoms with Crippen molar-refractivity contribution in [2.75, 3.05) is 12.4 Å². The summed E-state index contributed by atoms with van der Waals surface area (Å²) < 4.78 is 1.05. The Hall–Kier alpha value is -0.0700. The fourth-order valence-electron chi connectivity index (χ4n) is 1.38. The van der Waals surface area contributed by atoms with Crippen LogP contribution in [0.4, 0.5) is 0 Å². The van der Waals surface area contributed by atoms with Crippen molar-refractivity contribution in [2.45, 2.75) is 37.4 Å². The first kappa shape index (κ1) is 16.0. The van der Waals surface area contributed by atoms with Crippen LogP contribution in [0.5, 0.6) is 0 Å². The van der Waals surface area contributed by atoms with Crippen LogP contribution in [0.2, 0.25) is 0 Å². The van der Waals surface area contributed by atoms with E-state index in [9.17, 15) is 5.11 Å². The van der Waals surface area contributed by atoms with Gasteiger partial charge in [0.2, 0.25) is 0 Å². The Kier molecular flexibility index (Phi) is 7.26. The normalized spacial score (nSPS) is 13.0. The third-order valence-electron chi connectivity index (χ3n) is 2.37. The molecule has 0 radical (unpaired) electrons. The number of benzene rings is 1. The highest BCUT2D eigenvalue weighted by molar-refractivity contribution is 9.10. The molecule has 1 aromatic carbocycles. The smallest absolute Gasteiger partial charge is 0.0864 e. The van der Waals surface area contributed by atoms with Gasteiger partial charge in [0.25, 0.3) is 0 Å². The summed E-state index contributed by atoms with van der Waals surface area (Å²) >= 11 is 5.04. The number of aliphatic hydroxyl groups excluding tert-OH is 2. The Morgan fingerprint density at radius 3 is 2.72 bits per heavy atom. The van der Waals surface area contributed by atoms with Crippen molar-refractivity contribution in [2.24, 2.45) is 0 Å². The Morgan fingerprint density at radius 2 is 2.11 bits per heavy atom. The van der Waals surface area contributed by atoms with E-state index in [1.54, 1.807) is 11.8 Å². The maximum atomic E-state index is 9.39. The average molecular weight is 334 g/mol. The monoisotopic (exact) mass is 333 g/mol. The molecule has 18 heavy (non-hydrogen) atoms. The molecule has 0 bridgehead atoms.